The molecule has 0 atom stereocenters. The van der Waals surface area contributed by atoms with Crippen LogP contribution in [0, 0.1) is 11.3 Å². The lowest BCUT2D eigenvalue weighted by Crippen LogP contribution is -2.49. The minimum absolute atomic E-state index is 0.105. The number of carbonyl (C=O) groups excluding carboxylic acids is 1. The van der Waals surface area contributed by atoms with Crippen LogP contribution in [-0.4, -0.2) is 58.8 Å². The van der Waals surface area contributed by atoms with Gasteiger partial charge in [0.05, 0.1) is 6.67 Å². The molecule has 1 aromatic carbocycles. The van der Waals surface area contributed by atoms with Gasteiger partial charge in [0.15, 0.2) is 5.82 Å². The zero-order chi connectivity index (χ0) is 18.5. The lowest BCUT2D eigenvalue weighted by atomic mass is 10.3. The highest BCUT2D eigenvalue weighted by molar-refractivity contribution is 6.30. The number of rotatable bonds is 5. The van der Waals surface area contributed by atoms with Crippen molar-refractivity contribution in [3.8, 4) is 6.07 Å². The Bertz CT molecular complexity index is 821. The van der Waals surface area contributed by atoms with Crippen molar-refractivity contribution in [1.82, 2.24) is 20.0 Å². The van der Waals surface area contributed by atoms with Crippen molar-refractivity contribution < 1.29 is 4.79 Å². The van der Waals surface area contributed by atoms with Crippen LogP contribution in [0.2, 0.25) is 5.02 Å². The normalized spacial score (nSPS) is 14.7. The van der Waals surface area contributed by atoms with Crippen LogP contribution in [0.15, 0.2) is 24.3 Å². The predicted molar refractivity (Wildman–Crippen MR) is 100 cm³/mol. The van der Waals surface area contributed by atoms with Crippen molar-refractivity contribution in [2.24, 2.45) is 0 Å². The first kappa shape index (κ1) is 18.0. The zero-order valence-corrected chi connectivity index (χ0v) is 15.2. The summed E-state index contributed by atoms with van der Waals surface area (Å²) in [5, 5.41) is 23.4. The second-order valence-electron chi connectivity index (χ2n) is 6.03. The van der Waals surface area contributed by atoms with Gasteiger partial charge in [-0.3, -0.25) is 14.8 Å². The number of hydrogen-bond donors (Lipinski definition) is 3. The van der Waals surface area contributed by atoms with Gasteiger partial charge >= 0.3 is 0 Å². The van der Waals surface area contributed by atoms with Crippen molar-refractivity contribution in [1.29, 1.82) is 5.26 Å². The molecule has 1 aliphatic rings. The molecule has 2 heterocycles. The average Bonchev–Trinajstić information content (AvgIpc) is 3.02. The number of aromatic amines is 1. The molecule has 8 nitrogen and oxygen atoms in total. The molecule has 0 saturated carbocycles. The highest BCUT2D eigenvalue weighted by Gasteiger charge is 2.19. The summed E-state index contributed by atoms with van der Waals surface area (Å²) in [7, 11) is 0. The first-order chi connectivity index (χ1) is 12.6. The summed E-state index contributed by atoms with van der Waals surface area (Å²) >= 11 is 5.98. The Morgan fingerprint density at radius 2 is 2.15 bits per heavy atom. The zero-order valence-electron chi connectivity index (χ0n) is 14.4. The molecule has 9 heteroatoms. The van der Waals surface area contributed by atoms with Crippen LogP contribution in [-0.2, 0) is 4.79 Å². The number of nitrogens with zero attached hydrogens (tertiary/aromatic N) is 4. The molecule has 1 aromatic heterocycles. The smallest absolute Gasteiger partial charge is 0.219 e. The third kappa shape index (κ3) is 4.25. The molecule has 0 aliphatic carbocycles. The average molecular weight is 374 g/mol. The number of anilines is 3. The van der Waals surface area contributed by atoms with E-state index < -0.39 is 0 Å². The highest BCUT2D eigenvalue weighted by atomic mass is 35.5. The van der Waals surface area contributed by atoms with E-state index in [2.05, 4.69) is 31.8 Å². The van der Waals surface area contributed by atoms with Gasteiger partial charge < -0.3 is 15.5 Å². The van der Waals surface area contributed by atoms with Crippen molar-refractivity contribution in [2.75, 3.05) is 43.5 Å². The number of nitrogens with one attached hydrogen (secondary N) is 3. The fourth-order valence-corrected chi connectivity index (χ4v) is 2.98. The van der Waals surface area contributed by atoms with E-state index in [0.29, 0.717) is 42.0 Å². The topological polar surface area (TPSA) is 100 Å². The Hall–Kier alpha value is -2.76. The van der Waals surface area contributed by atoms with E-state index in [1.807, 2.05) is 17.0 Å². The van der Waals surface area contributed by atoms with Crippen molar-refractivity contribution in [3.05, 3.63) is 34.9 Å². The molecular weight excluding hydrogens is 354 g/mol. The van der Waals surface area contributed by atoms with Gasteiger partial charge in [0, 0.05) is 43.8 Å². The summed E-state index contributed by atoms with van der Waals surface area (Å²) in [4.78, 5) is 15.4. The van der Waals surface area contributed by atoms with E-state index in [-0.39, 0.29) is 5.91 Å². The number of piperazine rings is 1. The SMILES string of the molecule is CC(=O)N1CCN(CNc2n[nH]c(Nc3cccc(Cl)c3)c2C#N)CC1. The van der Waals surface area contributed by atoms with Gasteiger partial charge in [-0.15, -0.1) is 0 Å². The third-order valence-corrected chi connectivity index (χ3v) is 4.49. The number of carbonyl (C=O) groups is 1. The molecule has 1 saturated heterocycles. The van der Waals surface area contributed by atoms with Crippen LogP contribution in [0.5, 0.6) is 0 Å². The molecule has 1 fully saturated rings. The molecule has 2 aromatic rings. The molecule has 0 bridgehead atoms. The molecule has 0 unspecified atom stereocenters. The molecule has 3 rings (SSSR count). The van der Waals surface area contributed by atoms with Gasteiger partial charge in [-0.2, -0.15) is 10.4 Å². The Labute approximate surface area is 156 Å². The van der Waals surface area contributed by atoms with Crippen LogP contribution in [0.4, 0.5) is 17.3 Å². The minimum atomic E-state index is 0.105. The summed E-state index contributed by atoms with van der Waals surface area (Å²) in [6.07, 6.45) is 0. The van der Waals surface area contributed by atoms with Crippen LogP contribution >= 0.6 is 11.6 Å². The van der Waals surface area contributed by atoms with E-state index in [0.717, 1.165) is 18.8 Å². The van der Waals surface area contributed by atoms with E-state index in [1.165, 1.54) is 0 Å². The van der Waals surface area contributed by atoms with Crippen LogP contribution in [0.1, 0.15) is 12.5 Å². The summed E-state index contributed by atoms with van der Waals surface area (Å²) < 4.78 is 0. The maximum atomic E-state index is 11.4. The Balaban J connectivity index is 1.60. The molecule has 136 valence electrons. The molecule has 1 amide bonds. The number of hydrogen-bond acceptors (Lipinski definition) is 6. The first-order valence-corrected chi connectivity index (χ1v) is 8.67. The second-order valence-corrected chi connectivity index (χ2v) is 6.46. The fraction of sp³-hybridized carbons (Fsp3) is 0.353. The monoisotopic (exact) mass is 373 g/mol. The van der Waals surface area contributed by atoms with E-state index in [9.17, 15) is 10.1 Å². The van der Waals surface area contributed by atoms with E-state index in [1.54, 1.807) is 19.1 Å². The summed E-state index contributed by atoms with van der Waals surface area (Å²) in [5.74, 6) is 1.11. The predicted octanol–water partition coefficient (Wildman–Crippen LogP) is 2.21. The van der Waals surface area contributed by atoms with Crippen LogP contribution < -0.4 is 10.6 Å². The number of nitriles is 1. The van der Waals surface area contributed by atoms with Gasteiger partial charge in [0.2, 0.25) is 5.91 Å². The molecule has 3 N–H and O–H groups in total. The first-order valence-electron chi connectivity index (χ1n) is 8.29. The minimum Gasteiger partial charge on any atom is -0.355 e. The lowest BCUT2D eigenvalue weighted by molar-refractivity contribution is -0.130. The summed E-state index contributed by atoms with van der Waals surface area (Å²) in [6.45, 7) is 5.14. The molecule has 26 heavy (non-hydrogen) atoms. The van der Waals surface area contributed by atoms with Gasteiger partial charge in [-0.1, -0.05) is 17.7 Å². The summed E-state index contributed by atoms with van der Waals surface area (Å²) in [5.41, 5.74) is 1.18. The van der Waals surface area contributed by atoms with E-state index >= 15 is 0 Å². The third-order valence-electron chi connectivity index (χ3n) is 4.26. The van der Waals surface area contributed by atoms with Crippen LogP contribution in [0.3, 0.4) is 0 Å². The number of halogens is 1. The molecular formula is C17H20ClN7O. The number of H-pyrrole nitrogens is 1. The maximum absolute atomic E-state index is 11.4. The Kier molecular flexibility index (Phi) is 5.61. The van der Waals surface area contributed by atoms with Crippen molar-refractivity contribution in [3.63, 3.8) is 0 Å². The van der Waals surface area contributed by atoms with Gasteiger partial charge in [0.25, 0.3) is 0 Å². The maximum Gasteiger partial charge on any atom is 0.219 e. The van der Waals surface area contributed by atoms with Crippen LogP contribution in [0.25, 0.3) is 0 Å². The summed E-state index contributed by atoms with van der Waals surface area (Å²) in [6, 6.07) is 9.40. The molecule has 0 spiro atoms. The quantitative estimate of drug-likeness (QED) is 0.743. The van der Waals surface area contributed by atoms with Crippen molar-refractivity contribution in [2.45, 2.75) is 6.92 Å². The highest BCUT2D eigenvalue weighted by Crippen LogP contribution is 2.25. The van der Waals surface area contributed by atoms with E-state index in [4.69, 9.17) is 11.6 Å². The molecule has 1 aliphatic heterocycles. The van der Waals surface area contributed by atoms with Crippen molar-refractivity contribution >= 4 is 34.8 Å². The van der Waals surface area contributed by atoms with Gasteiger partial charge in [-0.05, 0) is 18.2 Å². The fourth-order valence-electron chi connectivity index (χ4n) is 2.79. The van der Waals surface area contributed by atoms with Gasteiger partial charge in [0.1, 0.15) is 17.5 Å². The number of amides is 1. The molecule has 0 radical (unpaired) electrons. The number of aromatic nitrogens is 2. The second kappa shape index (κ2) is 8.08. The Morgan fingerprint density at radius 1 is 1.38 bits per heavy atom. The Morgan fingerprint density at radius 3 is 2.81 bits per heavy atom. The standard InChI is InChI=1S/C17H20ClN7O/c1-12(26)25-7-5-24(6-8-25)11-20-16-15(10-19)17(23-22-16)21-14-4-2-3-13(18)9-14/h2-4,9H,5-8,11H2,1H3,(H3,20,21,22,23). The lowest BCUT2D eigenvalue weighted by Gasteiger charge is -2.34. The van der Waals surface area contributed by atoms with Gasteiger partial charge in [-0.25, -0.2) is 0 Å². The largest absolute Gasteiger partial charge is 0.355 e. The number of benzene rings is 1.